The van der Waals surface area contributed by atoms with E-state index in [1.54, 1.807) is 24.5 Å². The lowest BCUT2D eigenvalue weighted by Crippen LogP contribution is -2.19. The number of hydrogen-bond donors (Lipinski definition) is 1. The Kier molecular flexibility index (Phi) is 6.28. The number of nitrogens with zero attached hydrogens (tertiary/aromatic N) is 5. The van der Waals surface area contributed by atoms with Gasteiger partial charge in [-0.15, -0.1) is 0 Å². The van der Waals surface area contributed by atoms with E-state index >= 15 is 0 Å². The summed E-state index contributed by atoms with van der Waals surface area (Å²) in [5, 5.41) is 9.94. The summed E-state index contributed by atoms with van der Waals surface area (Å²) in [6.45, 7) is 3.79. The van der Waals surface area contributed by atoms with Gasteiger partial charge in [0.05, 0.1) is 27.7 Å². The first kappa shape index (κ1) is 22.4. The van der Waals surface area contributed by atoms with E-state index in [0.717, 1.165) is 38.2 Å². The van der Waals surface area contributed by atoms with Gasteiger partial charge < -0.3 is 0 Å². The molecule has 172 valence electrons. The zero-order chi connectivity index (χ0) is 24.2. The quantitative estimate of drug-likeness (QED) is 0.257. The third-order valence-electron chi connectivity index (χ3n) is 5.41. The second kappa shape index (κ2) is 9.82. The summed E-state index contributed by atoms with van der Waals surface area (Å²) in [4.78, 5) is 22.0. The summed E-state index contributed by atoms with van der Waals surface area (Å²) >= 11 is 1.48. The highest BCUT2D eigenvalue weighted by molar-refractivity contribution is 7.16. The number of hydrogen-bond acceptors (Lipinski definition) is 6. The molecule has 5 rings (SSSR count). The largest absolute Gasteiger partial charge is 0.271 e. The Morgan fingerprint density at radius 2 is 1.60 bits per heavy atom. The van der Waals surface area contributed by atoms with Crippen LogP contribution in [-0.2, 0) is 0 Å². The number of amides is 1. The van der Waals surface area contributed by atoms with Crippen molar-refractivity contribution in [2.45, 2.75) is 13.8 Å². The van der Waals surface area contributed by atoms with Gasteiger partial charge in [0.25, 0.3) is 5.91 Å². The molecule has 0 saturated heterocycles. The van der Waals surface area contributed by atoms with Crippen LogP contribution in [0.2, 0.25) is 0 Å². The van der Waals surface area contributed by atoms with Crippen LogP contribution in [0.3, 0.4) is 0 Å². The molecular weight excluding hydrogens is 456 g/mol. The molecular formula is C27H22N6OS. The van der Waals surface area contributed by atoms with Gasteiger partial charge >= 0.3 is 0 Å². The van der Waals surface area contributed by atoms with Gasteiger partial charge in [0.15, 0.2) is 0 Å². The van der Waals surface area contributed by atoms with Gasteiger partial charge in [-0.2, -0.15) is 10.2 Å². The van der Waals surface area contributed by atoms with E-state index in [-0.39, 0.29) is 5.91 Å². The predicted octanol–water partition coefficient (Wildman–Crippen LogP) is 5.52. The Labute approximate surface area is 206 Å². The number of carbonyl (C=O) groups excluding carboxylic acids is 1. The summed E-state index contributed by atoms with van der Waals surface area (Å²) in [5.74, 6) is -0.292. The van der Waals surface area contributed by atoms with Crippen LogP contribution in [0.1, 0.15) is 27.9 Å². The van der Waals surface area contributed by atoms with E-state index in [1.807, 2.05) is 67.1 Å². The first-order valence-electron chi connectivity index (χ1n) is 11.0. The van der Waals surface area contributed by atoms with Crippen molar-refractivity contribution in [3.05, 3.63) is 107 Å². The number of aryl methyl sites for hydroxylation is 1. The molecule has 35 heavy (non-hydrogen) atoms. The zero-order valence-electron chi connectivity index (χ0n) is 19.2. The topological polar surface area (TPSA) is 85.1 Å². The molecule has 7 nitrogen and oxygen atoms in total. The maximum atomic E-state index is 12.4. The van der Waals surface area contributed by atoms with E-state index in [4.69, 9.17) is 10.1 Å². The summed E-state index contributed by atoms with van der Waals surface area (Å²) in [5.41, 5.74) is 8.50. The van der Waals surface area contributed by atoms with Crippen molar-refractivity contribution in [1.29, 1.82) is 0 Å². The number of aromatic nitrogens is 4. The number of thiazole rings is 1. The number of benzene rings is 2. The lowest BCUT2D eigenvalue weighted by molar-refractivity contribution is 0.0954. The summed E-state index contributed by atoms with van der Waals surface area (Å²) in [6.07, 6.45) is 3.15. The van der Waals surface area contributed by atoms with Gasteiger partial charge in [0, 0.05) is 29.1 Å². The highest BCUT2D eigenvalue weighted by Gasteiger charge is 2.18. The number of pyridine rings is 1. The Morgan fingerprint density at radius 1 is 0.943 bits per heavy atom. The van der Waals surface area contributed by atoms with Crippen LogP contribution in [0.4, 0.5) is 0 Å². The van der Waals surface area contributed by atoms with Gasteiger partial charge in [-0.05, 0) is 32.0 Å². The van der Waals surface area contributed by atoms with Gasteiger partial charge in [-0.25, -0.2) is 15.1 Å². The average Bonchev–Trinajstić information content (AvgIpc) is 3.53. The minimum atomic E-state index is -0.292. The Bertz CT molecular complexity index is 1490. The lowest BCUT2D eigenvalue weighted by atomic mass is 10.1. The first-order valence-corrected chi connectivity index (χ1v) is 11.9. The molecule has 3 heterocycles. The SMILES string of the molecule is C/C(=N/NC(=O)c1ccncc1)c1sc(-n2nc(-c3ccccc3)cc2-c2ccccc2)nc1C. The van der Waals surface area contributed by atoms with Crippen molar-refractivity contribution in [2.24, 2.45) is 5.10 Å². The summed E-state index contributed by atoms with van der Waals surface area (Å²) in [7, 11) is 0. The Hall–Kier alpha value is -4.43. The molecule has 1 N–H and O–H groups in total. The molecule has 0 saturated carbocycles. The molecule has 0 radical (unpaired) electrons. The van der Waals surface area contributed by atoms with Gasteiger partial charge in [-0.3, -0.25) is 9.78 Å². The standard InChI is InChI=1S/C27H22N6OS/c1-18-25(19(2)30-31-26(34)22-13-15-28-16-14-22)35-27(29-18)33-24(21-11-7-4-8-12-21)17-23(32-33)20-9-5-3-6-10-20/h3-17H,1-2H3,(H,31,34)/b30-19-. The van der Waals surface area contributed by atoms with Crippen molar-refractivity contribution in [3.8, 4) is 27.6 Å². The van der Waals surface area contributed by atoms with Gasteiger partial charge in [-0.1, -0.05) is 72.0 Å². The summed E-state index contributed by atoms with van der Waals surface area (Å²) < 4.78 is 1.88. The minimum Gasteiger partial charge on any atom is -0.267 e. The Balaban J connectivity index is 1.50. The Morgan fingerprint density at radius 3 is 2.29 bits per heavy atom. The van der Waals surface area contributed by atoms with Crippen LogP contribution >= 0.6 is 11.3 Å². The fourth-order valence-corrected chi connectivity index (χ4v) is 4.63. The lowest BCUT2D eigenvalue weighted by Gasteiger charge is -2.03. The van der Waals surface area contributed by atoms with Crippen molar-refractivity contribution in [2.75, 3.05) is 0 Å². The van der Waals surface area contributed by atoms with Gasteiger partial charge in [0.2, 0.25) is 5.13 Å². The molecule has 0 aliphatic carbocycles. The molecule has 8 heteroatoms. The van der Waals surface area contributed by atoms with Crippen molar-refractivity contribution >= 4 is 23.0 Å². The zero-order valence-corrected chi connectivity index (χ0v) is 20.0. The summed E-state index contributed by atoms with van der Waals surface area (Å²) in [6, 6.07) is 25.6. The molecule has 0 atom stereocenters. The minimum absolute atomic E-state index is 0.292. The first-order chi connectivity index (χ1) is 17.1. The van der Waals surface area contributed by atoms with Crippen LogP contribution in [-0.4, -0.2) is 31.4 Å². The van der Waals surface area contributed by atoms with Crippen LogP contribution in [0.15, 0.2) is 96.4 Å². The van der Waals surface area contributed by atoms with E-state index in [0.29, 0.717) is 11.3 Å². The van der Waals surface area contributed by atoms with Crippen molar-refractivity contribution in [1.82, 2.24) is 25.2 Å². The third kappa shape index (κ3) is 4.78. The molecule has 0 unspecified atom stereocenters. The fraction of sp³-hybridized carbons (Fsp3) is 0.0741. The molecule has 0 aliphatic rings. The van der Waals surface area contributed by atoms with Gasteiger partial charge in [0.1, 0.15) is 0 Å². The third-order valence-corrected chi connectivity index (χ3v) is 6.65. The van der Waals surface area contributed by atoms with Crippen molar-refractivity contribution in [3.63, 3.8) is 0 Å². The molecule has 3 aromatic heterocycles. The molecule has 5 aromatic rings. The predicted molar refractivity (Wildman–Crippen MR) is 139 cm³/mol. The second-order valence-corrected chi connectivity index (χ2v) is 8.82. The maximum Gasteiger partial charge on any atom is 0.271 e. The molecule has 1 amide bonds. The monoisotopic (exact) mass is 478 g/mol. The van der Waals surface area contributed by atoms with Crippen molar-refractivity contribution < 1.29 is 4.79 Å². The normalized spacial score (nSPS) is 11.4. The van der Waals surface area contributed by atoms with E-state index in [1.165, 1.54) is 11.3 Å². The number of nitrogens with one attached hydrogen (secondary N) is 1. The molecule has 0 bridgehead atoms. The van der Waals surface area contributed by atoms with Crippen LogP contribution < -0.4 is 5.43 Å². The number of carbonyl (C=O) groups is 1. The van der Waals surface area contributed by atoms with Crippen LogP contribution in [0.25, 0.3) is 27.6 Å². The highest BCUT2D eigenvalue weighted by Crippen LogP contribution is 2.31. The van der Waals surface area contributed by atoms with E-state index < -0.39 is 0 Å². The smallest absolute Gasteiger partial charge is 0.267 e. The molecule has 2 aromatic carbocycles. The van der Waals surface area contributed by atoms with Crippen LogP contribution in [0.5, 0.6) is 0 Å². The number of rotatable bonds is 6. The second-order valence-electron chi connectivity index (χ2n) is 7.84. The highest BCUT2D eigenvalue weighted by atomic mass is 32.1. The van der Waals surface area contributed by atoms with Crippen LogP contribution in [0, 0.1) is 6.92 Å². The number of hydrazone groups is 1. The maximum absolute atomic E-state index is 12.4. The molecule has 0 fully saturated rings. The van der Waals surface area contributed by atoms with E-state index in [2.05, 4.69) is 33.7 Å². The fourth-order valence-electron chi connectivity index (χ4n) is 3.65. The average molecular weight is 479 g/mol. The molecule has 0 aliphatic heterocycles. The van der Waals surface area contributed by atoms with E-state index in [9.17, 15) is 4.79 Å². The molecule has 0 spiro atoms.